The largest absolute Gasteiger partial charge is 0.448 e. The lowest BCUT2D eigenvalue weighted by Crippen LogP contribution is -2.21. The van der Waals surface area contributed by atoms with Crippen LogP contribution >= 0.6 is 0 Å². The van der Waals surface area contributed by atoms with E-state index in [4.69, 9.17) is 5.11 Å². The molecule has 0 amide bonds. The van der Waals surface area contributed by atoms with Gasteiger partial charge >= 0.3 is 12.5 Å². The van der Waals surface area contributed by atoms with Crippen molar-refractivity contribution in [2.24, 2.45) is 0 Å². The van der Waals surface area contributed by atoms with Crippen molar-refractivity contribution in [2.75, 3.05) is 0 Å². The third-order valence-electron chi connectivity index (χ3n) is 0.257. The van der Waals surface area contributed by atoms with Gasteiger partial charge in [-0.3, -0.25) is 0 Å². The third-order valence-corrected chi connectivity index (χ3v) is 0.257. The molecule has 0 bridgehead atoms. The van der Waals surface area contributed by atoms with Gasteiger partial charge in [0.15, 0.2) is 0 Å². The van der Waals surface area contributed by atoms with E-state index in [-0.39, 0.29) is 0 Å². The monoisotopic (exact) mass is 117 g/mol. The van der Waals surface area contributed by atoms with E-state index in [0.29, 0.717) is 0 Å². The molecule has 0 fully saturated rings. The predicted molar refractivity (Wildman–Crippen MR) is 11.6 cm³/mol. The van der Waals surface area contributed by atoms with Gasteiger partial charge in [0.1, 0.15) is 0 Å². The topological polar surface area (TPSA) is 19.9 Å². The Hall–Kier alpha value is -0.320. The molecule has 0 aromatic rings. The van der Waals surface area contributed by atoms with Gasteiger partial charge in [-0.2, -0.15) is 18.3 Å². The molecule has 0 aliphatic heterocycles. The van der Waals surface area contributed by atoms with Crippen LogP contribution < -0.4 is 0 Å². The van der Waals surface area contributed by atoms with Crippen molar-refractivity contribution in [3.63, 3.8) is 0 Å². The minimum absolute atomic E-state index is 3.95. The van der Waals surface area contributed by atoms with Crippen molar-refractivity contribution in [2.45, 2.75) is 12.5 Å². The smallest absolute Gasteiger partial charge is 0.203 e. The first-order valence-electron chi connectivity index (χ1n) is 1.31. The number of rotatable bonds is 0. The van der Waals surface area contributed by atoms with Crippen LogP contribution in [0.2, 0.25) is 0 Å². The van der Waals surface area contributed by atoms with Crippen LogP contribution in [0.15, 0.2) is 0 Å². The summed E-state index contributed by atoms with van der Waals surface area (Å²) >= 11 is 0. The highest BCUT2D eigenvalue weighted by molar-refractivity contribution is 4.47. The zero-order chi connectivity index (χ0) is 6.08. The molecule has 5 heteroatoms. The van der Waals surface area contributed by atoms with E-state index in [1.165, 1.54) is 0 Å². The fraction of sp³-hybridized carbons (Fsp3) is 1.00. The summed E-state index contributed by atoms with van der Waals surface area (Å²) in [5.41, 5.74) is 0. The van der Waals surface area contributed by atoms with Gasteiger partial charge in [0, 0.05) is 0 Å². The van der Waals surface area contributed by atoms with Gasteiger partial charge < -0.3 is 0 Å². The van der Waals surface area contributed by atoms with Crippen LogP contribution in [0, 0.1) is 0 Å². The summed E-state index contributed by atoms with van der Waals surface area (Å²) in [5.74, 6) is 0. The first-order chi connectivity index (χ1) is 2.94. The van der Waals surface area contributed by atoms with E-state index in [0.717, 1.165) is 0 Å². The molecule has 0 aliphatic carbocycles. The second-order valence-corrected chi connectivity index (χ2v) is 0.858. The molecular formula is C2HF4O. The molecule has 0 heterocycles. The zero-order valence-corrected chi connectivity index (χ0v) is 3.00. The Morgan fingerprint density at radius 3 is 1.43 bits per heavy atom. The molecule has 43 valence electrons. The Morgan fingerprint density at radius 2 is 1.43 bits per heavy atom. The normalized spacial score (nSPS) is 16.7. The highest BCUT2D eigenvalue weighted by atomic mass is 19.4. The van der Waals surface area contributed by atoms with E-state index in [1.54, 1.807) is 0 Å². The van der Waals surface area contributed by atoms with Crippen LogP contribution in [-0.4, -0.2) is 12.5 Å². The molecule has 1 atom stereocenters. The van der Waals surface area contributed by atoms with Crippen LogP contribution in [0.5, 0.6) is 0 Å². The highest BCUT2D eigenvalue weighted by Gasteiger charge is 2.40. The molecule has 0 aromatic carbocycles. The van der Waals surface area contributed by atoms with Gasteiger partial charge in [-0.15, -0.1) is 0 Å². The fourth-order valence-electron chi connectivity index (χ4n) is 0. The van der Waals surface area contributed by atoms with Crippen molar-refractivity contribution in [3.8, 4) is 0 Å². The number of halogens is 4. The van der Waals surface area contributed by atoms with Gasteiger partial charge in [0.2, 0.25) is 0 Å². The Morgan fingerprint density at radius 1 is 1.29 bits per heavy atom. The molecule has 1 unspecified atom stereocenters. The Bertz CT molecular complexity index is 55.2. The second-order valence-electron chi connectivity index (χ2n) is 0.858. The van der Waals surface area contributed by atoms with E-state index in [1.807, 2.05) is 0 Å². The predicted octanol–water partition coefficient (Wildman–Crippen LogP) is 1.27. The third kappa shape index (κ3) is 2.38. The lowest BCUT2D eigenvalue weighted by Gasteiger charge is -2.00. The number of alkyl halides is 4. The van der Waals surface area contributed by atoms with E-state index in [9.17, 15) is 17.6 Å². The molecule has 0 rings (SSSR count). The molecule has 0 aliphatic rings. The van der Waals surface area contributed by atoms with Crippen molar-refractivity contribution in [1.82, 2.24) is 0 Å². The molecule has 0 aromatic heterocycles. The zero-order valence-electron chi connectivity index (χ0n) is 3.00. The second kappa shape index (κ2) is 1.65. The highest BCUT2D eigenvalue weighted by Crippen LogP contribution is 2.20. The summed E-state index contributed by atoms with van der Waals surface area (Å²) in [5, 5.41) is 8.76. The molecule has 7 heavy (non-hydrogen) atoms. The molecule has 0 N–H and O–H groups in total. The Balaban J connectivity index is 3.54. The minimum Gasteiger partial charge on any atom is -0.203 e. The standard InChI is InChI=1S/C2HF4O/c3-1(7)2(4,5)6/h1H. The van der Waals surface area contributed by atoms with E-state index >= 15 is 0 Å². The molecule has 0 spiro atoms. The van der Waals surface area contributed by atoms with E-state index in [2.05, 4.69) is 0 Å². The maximum atomic E-state index is 10.5. The first kappa shape index (κ1) is 6.68. The van der Waals surface area contributed by atoms with Crippen LogP contribution in [0.3, 0.4) is 0 Å². The average molecular weight is 117 g/mol. The van der Waals surface area contributed by atoms with Gasteiger partial charge in [0.25, 0.3) is 0 Å². The molecule has 0 saturated carbocycles. The van der Waals surface area contributed by atoms with Crippen molar-refractivity contribution in [1.29, 1.82) is 0 Å². The van der Waals surface area contributed by atoms with Gasteiger partial charge in [0.05, 0.1) is 0 Å². The SMILES string of the molecule is [O]C(F)C(F)(F)F. The molecule has 1 radical (unpaired) electrons. The molecule has 0 saturated heterocycles. The van der Waals surface area contributed by atoms with Crippen LogP contribution in [0.1, 0.15) is 0 Å². The van der Waals surface area contributed by atoms with Crippen molar-refractivity contribution >= 4 is 0 Å². The fourth-order valence-corrected chi connectivity index (χ4v) is 0. The lowest BCUT2D eigenvalue weighted by atomic mass is 10.7. The van der Waals surface area contributed by atoms with Crippen LogP contribution in [0.25, 0.3) is 0 Å². The maximum Gasteiger partial charge on any atom is 0.448 e. The van der Waals surface area contributed by atoms with Gasteiger partial charge in [-0.1, -0.05) is 0 Å². The number of hydrogen-bond acceptors (Lipinski definition) is 0. The summed E-state index contributed by atoms with van der Waals surface area (Å²) in [6, 6.07) is 0. The molecule has 1 nitrogen and oxygen atoms in total. The van der Waals surface area contributed by atoms with Crippen molar-refractivity contribution < 1.29 is 22.7 Å². The maximum absolute atomic E-state index is 10.5. The summed E-state index contributed by atoms with van der Waals surface area (Å²) in [6.45, 7) is 0. The Labute approximate surface area is 36.6 Å². The Kier molecular flexibility index (Phi) is 1.58. The van der Waals surface area contributed by atoms with Crippen LogP contribution in [0.4, 0.5) is 17.6 Å². The summed E-state index contributed by atoms with van der Waals surface area (Å²) in [4.78, 5) is 0. The number of hydrogen-bond donors (Lipinski definition) is 0. The van der Waals surface area contributed by atoms with Crippen LogP contribution in [-0.2, 0) is 5.11 Å². The first-order valence-corrected chi connectivity index (χ1v) is 1.31. The van der Waals surface area contributed by atoms with Crippen molar-refractivity contribution in [3.05, 3.63) is 0 Å². The minimum atomic E-state index is -5.22. The van der Waals surface area contributed by atoms with E-state index < -0.39 is 12.5 Å². The van der Waals surface area contributed by atoms with Gasteiger partial charge in [-0.25, -0.2) is 4.39 Å². The molecular weight excluding hydrogens is 116 g/mol. The van der Waals surface area contributed by atoms with Gasteiger partial charge in [-0.05, 0) is 0 Å². The average Bonchev–Trinajstić information content (AvgIpc) is 1.31. The summed E-state index contributed by atoms with van der Waals surface area (Å²) in [7, 11) is 0. The summed E-state index contributed by atoms with van der Waals surface area (Å²) in [6.07, 6.45) is -9.17. The lowest BCUT2D eigenvalue weighted by molar-refractivity contribution is -0.267. The quantitative estimate of drug-likeness (QED) is 0.426. The summed E-state index contributed by atoms with van der Waals surface area (Å²) < 4.78 is 42.0.